The van der Waals surface area contributed by atoms with Crippen LogP contribution < -0.4 is 0 Å². The van der Waals surface area contributed by atoms with Crippen molar-refractivity contribution in [2.45, 2.75) is 0 Å². The summed E-state index contributed by atoms with van der Waals surface area (Å²) in [4.78, 5) is 0. The molecule has 0 heterocycles. The smallest absolute Gasteiger partial charge is 0.365 e. The molecule has 0 unspecified atom stereocenters. The van der Waals surface area contributed by atoms with Crippen LogP contribution in [0, 0.1) is 0 Å². The maximum absolute atomic E-state index is 5.90. The molecule has 15 heavy (non-hydrogen) atoms. The summed E-state index contributed by atoms with van der Waals surface area (Å²) in [5, 5.41) is 0. The fourth-order valence-electron chi connectivity index (χ4n) is 0.691. The van der Waals surface area contributed by atoms with E-state index in [1.165, 1.54) is 35.5 Å². The third-order valence-corrected chi connectivity index (χ3v) is 7.56. The van der Waals surface area contributed by atoms with Crippen LogP contribution in [0.25, 0.3) is 0 Å². The Morgan fingerprint density at radius 1 is 0.733 bits per heavy atom. The Kier molecular flexibility index (Phi) is 9.62. The SMILES string of the molecule is CO[Si](Cl)(OC)O[Si](OC)(OC)OC.Cl. The van der Waals surface area contributed by atoms with Crippen molar-refractivity contribution in [3.05, 3.63) is 0 Å². The van der Waals surface area contributed by atoms with E-state index in [2.05, 4.69) is 0 Å². The standard InChI is InChI=1S/C5H15ClO6Si2.ClH/c1-7-13(6,8-2)12-14(9-3,10-4)11-5;/h1-5H3;1H. The first kappa shape index (κ1) is 18.1. The van der Waals surface area contributed by atoms with E-state index in [1.807, 2.05) is 0 Å². The van der Waals surface area contributed by atoms with Gasteiger partial charge < -0.3 is 26.2 Å². The summed E-state index contributed by atoms with van der Waals surface area (Å²) < 4.78 is 30.1. The Balaban J connectivity index is 0. The van der Waals surface area contributed by atoms with Crippen LogP contribution in [0.4, 0.5) is 0 Å². The van der Waals surface area contributed by atoms with Gasteiger partial charge in [0, 0.05) is 35.5 Å². The van der Waals surface area contributed by atoms with Crippen LogP contribution in [-0.4, -0.2) is 52.7 Å². The molecule has 0 aromatic carbocycles. The van der Waals surface area contributed by atoms with Crippen molar-refractivity contribution in [3.8, 4) is 0 Å². The number of hydrogen-bond acceptors (Lipinski definition) is 6. The van der Waals surface area contributed by atoms with E-state index >= 15 is 0 Å². The lowest BCUT2D eigenvalue weighted by atomic mass is 11.8. The van der Waals surface area contributed by atoms with Gasteiger partial charge in [0.05, 0.1) is 0 Å². The minimum atomic E-state index is -3.24. The Labute approximate surface area is 103 Å². The lowest BCUT2D eigenvalue weighted by molar-refractivity contribution is 0.0222. The fraction of sp³-hybridized carbons (Fsp3) is 1.00. The molecule has 0 spiro atoms. The molecule has 0 aromatic heterocycles. The largest absolute Gasteiger partial charge is 0.672 e. The van der Waals surface area contributed by atoms with E-state index in [-0.39, 0.29) is 12.4 Å². The van der Waals surface area contributed by atoms with Gasteiger partial charge in [-0.1, -0.05) is 11.1 Å². The van der Waals surface area contributed by atoms with Gasteiger partial charge in [-0.25, -0.2) is 0 Å². The van der Waals surface area contributed by atoms with Crippen LogP contribution in [-0.2, 0) is 26.2 Å². The molecule has 0 aromatic rings. The predicted octanol–water partition coefficient (Wildman–Crippen LogP) is 0.767. The summed E-state index contributed by atoms with van der Waals surface area (Å²) in [5.74, 6) is 0. The first-order valence-corrected chi connectivity index (χ1v) is 8.03. The molecular weight excluding hydrogens is 283 g/mol. The quantitative estimate of drug-likeness (QED) is 0.511. The van der Waals surface area contributed by atoms with E-state index in [9.17, 15) is 0 Å². The number of hydrogen-bond donors (Lipinski definition) is 0. The van der Waals surface area contributed by atoms with Crippen molar-refractivity contribution < 1.29 is 26.2 Å². The molecule has 0 saturated heterocycles. The molecule has 0 bridgehead atoms. The van der Waals surface area contributed by atoms with Crippen molar-refractivity contribution in [2.75, 3.05) is 35.5 Å². The van der Waals surface area contributed by atoms with Crippen LogP contribution in [0.2, 0.25) is 0 Å². The first-order valence-electron chi connectivity index (χ1n) is 3.66. The van der Waals surface area contributed by atoms with Crippen molar-refractivity contribution in [1.82, 2.24) is 0 Å². The molecule has 0 atom stereocenters. The maximum atomic E-state index is 5.90. The highest BCUT2D eigenvalue weighted by Crippen LogP contribution is 2.20. The zero-order valence-corrected chi connectivity index (χ0v) is 12.8. The molecule has 0 saturated carbocycles. The van der Waals surface area contributed by atoms with Crippen LogP contribution in [0.1, 0.15) is 0 Å². The van der Waals surface area contributed by atoms with Crippen molar-refractivity contribution in [1.29, 1.82) is 0 Å². The van der Waals surface area contributed by atoms with Crippen molar-refractivity contribution >= 4 is 40.6 Å². The average Bonchev–Trinajstić information content (AvgIpc) is 2.26. The summed E-state index contributed by atoms with van der Waals surface area (Å²) in [5.41, 5.74) is 0. The molecular formula is C5H16Cl2O6Si2. The van der Waals surface area contributed by atoms with Gasteiger partial charge in [0.1, 0.15) is 0 Å². The third kappa shape index (κ3) is 5.08. The Hall–Kier alpha value is 0.774. The Bertz CT molecular complexity index is 157. The highest BCUT2D eigenvalue weighted by molar-refractivity contribution is 7.11. The molecule has 94 valence electrons. The normalized spacial score (nSPS) is 12.4. The van der Waals surface area contributed by atoms with Gasteiger partial charge in [-0.2, -0.15) is 0 Å². The Morgan fingerprint density at radius 2 is 1.07 bits per heavy atom. The van der Waals surface area contributed by atoms with Gasteiger partial charge in [-0.05, 0) is 0 Å². The highest BCUT2D eigenvalue weighted by Gasteiger charge is 2.54. The van der Waals surface area contributed by atoms with E-state index in [1.54, 1.807) is 0 Å². The van der Waals surface area contributed by atoms with Gasteiger partial charge in [-0.15, -0.1) is 12.4 Å². The summed E-state index contributed by atoms with van der Waals surface area (Å²) in [6.07, 6.45) is 0. The van der Waals surface area contributed by atoms with Crippen LogP contribution >= 0.6 is 23.5 Å². The van der Waals surface area contributed by atoms with Crippen LogP contribution in [0.3, 0.4) is 0 Å². The minimum absolute atomic E-state index is 0. The van der Waals surface area contributed by atoms with Gasteiger partial charge >= 0.3 is 17.2 Å². The van der Waals surface area contributed by atoms with Gasteiger partial charge in [0.15, 0.2) is 0 Å². The average molecular weight is 299 g/mol. The molecule has 6 nitrogen and oxygen atoms in total. The highest BCUT2D eigenvalue weighted by atomic mass is 35.6. The number of rotatable bonds is 7. The second kappa shape index (κ2) is 7.95. The second-order valence-electron chi connectivity index (χ2n) is 2.10. The monoisotopic (exact) mass is 298 g/mol. The van der Waals surface area contributed by atoms with Gasteiger partial charge in [-0.3, -0.25) is 0 Å². The van der Waals surface area contributed by atoms with E-state index in [0.29, 0.717) is 0 Å². The summed E-state index contributed by atoms with van der Waals surface area (Å²) in [6, 6.07) is 0. The van der Waals surface area contributed by atoms with Gasteiger partial charge in [0.2, 0.25) is 0 Å². The molecule has 0 radical (unpaired) electrons. The first-order chi connectivity index (χ1) is 6.51. The Morgan fingerprint density at radius 3 is 1.27 bits per heavy atom. The summed E-state index contributed by atoms with van der Waals surface area (Å²) in [6.45, 7) is 0. The minimum Gasteiger partial charge on any atom is -0.365 e. The number of halogens is 2. The molecule has 0 aliphatic carbocycles. The lowest BCUT2D eigenvalue weighted by Gasteiger charge is -2.29. The van der Waals surface area contributed by atoms with Gasteiger partial charge in [0.25, 0.3) is 0 Å². The zero-order valence-electron chi connectivity index (χ0n) is 9.24. The van der Waals surface area contributed by atoms with Crippen molar-refractivity contribution in [2.24, 2.45) is 0 Å². The molecule has 0 aliphatic heterocycles. The van der Waals surface area contributed by atoms with E-state index in [0.717, 1.165) is 0 Å². The molecule has 0 rings (SSSR count). The fourth-order valence-corrected chi connectivity index (χ4v) is 5.07. The zero-order chi connectivity index (χ0) is 11.2. The molecule has 0 N–H and O–H groups in total. The van der Waals surface area contributed by atoms with Crippen molar-refractivity contribution in [3.63, 3.8) is 0 Å². The lowest BCUT2D eigenvalue weighted by Crippen LogP contribution is -2.56. The molecule has 0 amide bonds. The topological polar surface area (TPSA) is 55.4 Å². The van der Waals surface area contributed by atoms with Crippen LogP contribution in [0.5, 0.6) is 0 Å². The summed E-state index contributed by atoms with van der Waals surface area (Å²) >= 11 is 5.90. The molecule has 0 aliphatic rings. The van der Waals surface area contributed by atoms with Crippen LogP contribution in [0.15, 0.2) is 0 Å². The maximum Gasteiger partial charge on any atom is 0.672 e. The summed E-state index contributed by atoms with van der Waals surface area (Å²) in [7, 11) is 0.501. The van der Waals surface area contributed by atoms with E-state index in [4.69, 9.17) is 37.3 Å². The third-order valence-electron chi connectivity index (χ3n) is 1.48. The molecule has 10 heteroatoms. The second-order valence-corrected chi connectivity index (χ2v) is 8.31. The van der Waals surface area contributed by atoms with E-state index < -0.39 is 17.2 Å². The predicted molar refractivity (Wildman–Crippen MR) is 60.7 cm³/mol. The molecule has 0 fully saturated rings.